The van der Waals surface area contributed by atoms with Gasteiger partial charge in [0.05, 0.1) is 19.6 Å². The van der Waals surface area contributed by atoms with E-state index >= 15 is 0 Å². The first-order valence-corrected chi connectivity index (χ1v) is 7.09. The number of rotatable bonds is 2. The zero-order valence-corrected chi connectivity index (χ0v) is 13.3. The highest BCUT2D eigenvalue weighted by Gasteiger charge is 2.39. The van der Waals surface area contributed by atoms with Gasteiger partial charge < -0.3 is 9.47 Å². The quantitative estimate of drug-likeness (QED) is 0.778. The van der Waals surface area contributed by atoms with E-state index in [0.717, 1.165) is 25.0 Å². The van der Waals surface area contributed by atoms with E-state index in [4.69, 9.17) is 9.47 Å². The fraction of sp³-hybridized carbons (Fsp3) is 0.588. The summed E-state index contributed by atoms with van der Waals surface area (Å²) in [6.45, 7) is 8.34. The Balaban J connectivity index is 2.56. The van der Waals surface area contributed by atoms with Gasteiger partial charge >= 0.3 is 5.97 Å². The highest BCUT2D eigenvalue weighted by Crippen LogP contribution is 2.42. The monoisotopic (exact) mass is 276 g/mol. The molecule has 0 radical (unpaired) electrons. The Hall–Kier alpha value is -1.51. The fourth-order valence-corrected chi connectivity index (χ4v) is 3.45. The van der Waals surface area contributed by atoms with Crippen molar-refractivity contribution >= 4 is 5.97 Å². The van der Waals surface area contributed by atoms with Crippen LogP contribution < -0.4 is 4.74 Å². The first-order valence-electron chi connectivity index (χ1n) is 7.09. The summed E-state index contributed by atoms with van der Waals surface area (Å²) in [5.74, 6) is 0.886. The number of hydrogen-bond donors (Lipinski definition) is 0. The van der Waals surface area contributed by atoms with Crippen molar-refractivity contribution in [2.75, 3.05) is 14.2 Å². The number of ether oxygens (including phenoxy) is 2. The van der Waals surface area contributed by atoms with Gasteiger partial charge in [-0.05, 0) is 74.8 Å². The summed E-state index contributed by atoms with van der Waals surface area (Å²) in [6.07, 6.45) is 2.50. The van der Waals surface area contributed by atoms with Crippen LogP contribution in [0.2, 0.25) is 0 Å². The molecular weight excluding hydrogens is 252 g/mol. The average molecular weight is 276 g/mol. The number of benzene rings is 1. The Bertz CT molecular complexity index is 560. The number of fused-ring (bicyclic) bond motifs is 1. The molecule has 0 heterocycles. The van der Waals surface area contributed by atoms with Crippen LogP contribution in [-0.2, 0) is 22.4 Å². The summed E-state index contributed by atoms with van der Waals surface area (Å²) in [7, 11) is 3.20. The summed E-state index contributed by atoms with van der Waals surface area (Å²) in [5, 5.41) is 0. The Morgan fingerprint density at radius 2 is 1.70 bits per heavy atom. The zero-order chi connectivity index (χ0) is 15.1. The third-order valence-electron chi connectivity index (χ3n) is 4.89. The summed E-state index contributed by atoms with van der Waals surface area (Å²) >= 11 is 0. The SMILES string of the molecule is COC(=O)C1(C)CCc2c(C)c(OC)c(C)c(C)c2C1. The molecule has 1 aromatic rings. The van der Waals surface area contributed by atoms with Gasteiger partial charge in [0.25, 0.3) is 0 Å². The summed E-state index contributed by atoms with van der Waals surface area (Å²) in [4.78, 5) is 12.1. The molecule has 110 valence electrons. The lowest BCUT2D eigenvalue weighted by Crippen LogP contribution is -2.36. The molecule has 0 spiro atoms. The Kier molecular flexibility index (Phi) is 3.81. The van der Waals surface area contributed by atoms with Crippen LogP contribution in [0.3, 0.4) is 0 Å². The molecule has 1 aromatic carbocycles. The third kappa shape index (κ3) is 2.09. The molecule has 0 saturated carbocycles. The smallest absolute Gasteiger partial charge is 0.311 e. The van der Waals surface area contributed by atoms with Crippen molar-refractivity contribution < 1.29 is 14.3 Å². The van der Waals surface area contributed by atoms with Crippen molar-refractivity contribution in [3.8, 4) is 5.75 Å². The van der Waals surface area contributed by atoms with E-state index in [1.54, 1.807) is 7.11 Å². The first-order chi connectivity index (χ1) is 9.35. The van der Waals surface area contributed by atoms with Crippen LogP contribution >= 0.6 is 0 Å². The molecule has 3 nitrogen and oxygen atoms in total. The van der Waals surface area contributed by atoms with Gasteiger partial charge in [-0.3, -0.25) is 4.79 Å². The van der Waals surface area contributed by atoms with Crippen LogP contribution in [0.1, 0.15) is 41.2 Å². The molecule has 0 bridgehead atoms. The van der Waals surface area contributed by atoms with E-state index in [2.05, 4.69) is 20.8 Å². The van der Waals surface area contributed by atoms with Gasteiger partial charge in [-0.1, -0.05) is 0 Å². The molecule has 0 aromatic heterocycles. The number of carbonyl (C=O) groups excluding carboxylic acids is 1. The van der Waals surface area contributed by atoms with Crippen LogP contribution in [0.15, 0.2) is 0 Å². The highest BCUT2D eigenvalue weighted by molar-refractivity contribution is 5.77. The van der Waals surface area contributed by atoms with Crippen molar-refractivity contribution in [1.82, 2.24) is 0 Å². The molecule has 1 atom stereocenters. The lowest BCUT2D eigenvalue weighted by molar-refractivity contribution is -0.152. The van der Waals surface area contributed by atoms with E-state index in [0.29, 0.717) is 0 Å². The van der Waals surface area contributed by atoms with Crippen LogP contribution in [0.4, 0.5) is 0 Å². The first kappa shape index (κ1) is 14.9. The second kappa shape index (κ2) is 5.12. The van der Waals surface area contributed by atoms with Gasteiger partial charge in [-0.2, -0.15) is 0 Å². The van der Waals surface area contributed by atoms with Crippen LogP contribution in [0.5, 0.6) is 5.75 Å². The number of hydrogen-bond acceptors (Lipinski definition) is 3. The molecule has 2 rings (SSSR count). The summed E-state index contributed by atoms with van der Waals surface area (Å²) < 4.78 is 10.5. The molecule has 20 heavy (non-hydrogen) atoms. The van der Waals surface area contributed by atoms with Crippen molar-refractivity contribution in [3.63, 3.8) is 0 Å². The van der Waals surface area contributed by atoms with Crippen molar-refractivity contribution in [2.24, 2.45) is 5.41 Å². The third-order valence-corrected chi connectivity index (χ3v) is 4.89. The second-order valence-corrected chi connectivity index (χ2v) is 6.09. The van der Waals surface area contributed by atoms with E-state index in [-0.39, 0.29) is 5.97 Å². The van der Waals surface area contributed by atoms with Gasteiger partial charge in [-0.25, -0.2) is 0 Å². The number of esters is 1. The predicted octanol–water partition coefficient (Wildman–Crippen LogP) is 3.29. The minimum atomic E-state index is -0.403. The Morgan fingerprint density at radius 3 is 2.25 bits per heavy atom. The zero-order valence-electron chi connectivity index (χ0n) is 13.3. The number of carbonyl (C=O) groups is 1. The second-order valence-electron chi connectivity index (χ2n) is 6.09. The maximum Gasteiger partial charge on any atom is 0.311 e. The predicted molar refractivity (Wildman–Crippen MR) is 79.4 cm³/mol. The largest absolute Gasteiger partial charge is 0.496 e. The normalized spacial score (nSPS) is 21.3. The van der Waals surface area contributed by atoms with Gasteiger partial charge in [0.2, 0.25) is 0 Å². The summed E-state index contributed by atoms with van der Waals surface area (Å²) in [6, 6.07) is 0. The molecular formula is C17H24O3. The maximum absolute atomic E-state index is 12.1. The Labute approximate surface area is 121 Å². The van der Waals surface area contributed by atoms with Gasteiger partial charge in [0.1, 0.15) is 5.75 Å². The van der Waals surface area contributed by atoms with Crippen LogP contribution in [0.25, 0.3) is 0 Å². The van der Waals surface area contributed by atoms with E-state index in [1.165, 1.54) is 34.9 Å². The Morgan fingerprint density at radius 1 is 1.05 bits per heavy atom. The molecule has 0 saturated heterocycles. The minimum Gasteiger partial charge on any atom is -0.496 e. The van der Waals surface area contributed by atoms with E-state index < -0.39 is 5.41 Å². The molecule has 1 unspecified atom stereocenters. The van der Waals surface area contributed by atoms with Crippen LogP contribution in [0, 0.1) is 26.2 Å². The van der Waals surface area contributed by atoms with Crippen molar-refractivity contribution in [1.29, 1.82) is 0 Å². The molecule has 1 aliphatic carbocycles. The van der Waals surface area contributed by atoms with Gasteiger partial charge in [0.15, 0.2) is 0 Å². The average Bonchev–Trinajstić information content (AvgIpc) is 2.44. The standard InChI is InChI=1S/C17H24O3/c1-10-11(2)15(19-5)12(3)13-7-8-17(4,9-14(10)13)16(18)20-6/h7-9H2,1-6H3. The van der Waals surface area contributed by atoms with E-state index in [1.807, 2.05) is 6.92 Å². The number of methoxy groups -OCH3 is 2. The maximum atomic E-state index is 12.1. The van der Waals surface area contributed by atoms with Crippen LogP contribution in [-0.4, -0.2) is 20.2 Å². The lowest BCUT2D eigenvalue weighted by atomic mass is 9.70. The molecule has 0 fully saturated rings. The molecule has 0 N–H and O–H groups in total. The topological polar surface area (TPSA) is 35.5 Å². The summed E-state index contributed by atoms with van der Waals surface area (Å²) in [5.41, 5.74) is 5.90. The van der Waals surface area contributed by atoms with E-state index in [9.17, 15) is 4.79 Å². The molecule has 0 aliphatic heterocycles. The van der Waals surface area contributed by atoms with Crippen molar-refractivity contribution in [2.45, 2.75) is 47.0 Å². The van der Waals surface area contributed by atoms with Gasteiger partial charge in [-0.15, -0.1) is 0 Å². The van der Waals surface area contributed by atoms with Gasteiger partial charge in [0, 0.05) is 0 Å². The molecule has 3 heteroatoms. The molecule has 1 aliphatic rings. The van der Waals surface area contributed by atoms with Crippen molar-refractivity contribution in [3.05, 3.63) is 27.8 Å². The minimum absolute atomic E-state index is 0.103. The highest BCUT2D eigenvalue weighted by atomic mass is 16.5. The fourth-order valence-electron chi connectivity index (χ4n) is 3.45. The lowest BCUT2D eigenvalue weighted by Gasteiger charge is -2.35. The molecule has 0 amide bonds.